The molecule has 0 saturated heterocycles. The van der Waals surface area contributed by atoms with Gasteiger partial charge in [0.25, 0.3) is 0 Å². The fourth-order valence-electron chi connectivity index (χ4n) is 1.74. The van der Waals surface area contributed by atoms with E-state index in [1.54, 1.807) is 6.92 Å². The first kappa shape index (κ1) is 18.4. The maximum absolute atomic E-state index is 10.8. The molecule has 2 atom stereocenters. The zero-order chi connectivity index (χ0) is 15.2. The minimum Gasteiger partial charge on any atom is -0.300 e. The van der Waals surface area contributed by atoms with Gasteiger partial charge in [-0.25, -0.2) is 0 Å². The van der Waals surface area contributed by atoms with Gasteiger partial charge in [0.1, 0.15) is 5.78 Å². The molecule has 0 aromatic heterocycles. The number of allylic oxidation sites excluding steroid dienone is 6. The van der Waals surface area contributed by atoms with Crippen LogP contribution in [0.4, 0.5) is 0 Å². The maximum atomic E-state index is 10.8. The molecule has 1 heteroatoms. The van der Waals surface area contributed by atoms with Crippen LogP contribution in [-0.4, -0.2) is 5.78 Å². The highest BCUT2D eigenvalue weighted by Crippen LogP contribution is 2.09. The molecule has 20 heavy (non-hydrogen) atoms. The number of ketones is 1. The van der Waals surface area contributed by atoms with Crippen molar-refractivity contribution in [1.29, 1.82) is 0 Å². The number of hydrogen-bond donors (Lipinski definition) is 0. The van der Waals surface area contributed by atoms with E-state index < -0.39 is 0 Å². The molecule has 0 saturated carbocycles. The Morgan fingerprint density at radius 1 is 1.05 bits per heavy atom. The lowest BCUT2D eigenvalue weighted by Gasteiger charge is -2.03. The van der Waals surface area contributed by atoms with Gasteiger partial charge in [0.05, 0.1) is 0 Å². The molecule has 0 aliphatic carbocycles. The van der Waals surface area contributed by atoms with Crippen LogP contribution in [0.2, 0.25) is 0 Å². The second-order valence-corrected chi connectivity index (χ2v) is 5.33. The van der Waals surface area contributed by atoms with Crippen molar-refractivity contribution in [3.8, 4) is 11.8 Å². The second-order valence-electron chi connectivity index (χ2n) is 5.33. The Kier molecular flexibility index (Phi) is 11.5. The normalized spacial score (nSPS) is 14.6. The molecule has 0 N–H and O–H groups in total. The molecule has 0 aromatic carbocycles. The molecule has 0 aliphatic heterocycles. The Balaban J connectivity index is 3.86. The summed E-state index contributed by atoms with van der Waals surface area (Å²) in [5, 5.41) is 0. The minimum absolute atomic E-state index is 0.285. The third-order valence-electron chi connectivity index (χ3n) is 3.00. The summed E-state index contributed by atoms with van der Waals surface area (Å²) in [6, 6.07) is 0. The predicted octanol–water partition coefficient (Wildman–Crippen LogP) is 5.10. The topological polar surface area (TPSA) is 17.1 Å². The van der Waals surface area contributed by atoms with Crippen LogP contribution in [0.5, 0.6) is 0 Å². The van der Waals surface area contributed by atoms with Crippen molar-refractivity contribution in [2.45, 2.75) is 53.4 Å². The first-order chi connectivity index (χ1) is 9.56. The molecular weight excluding hydrogens is 244 g/mol. The molecule has 2 unspecified atom stereocenters. The van der Waals surface area contributed by atoms with Crippen molar-refractivity contribution in [1.82, 2.24) is 0 Å². The first-order valence-corrected chi connectivity index (χ1v) is 7.47. The van der Waals surface area contributed by atoms with E-state index in [4.69, 9.17) is 0 Å². The van der Waals surface area contributed by atoms with Gasteiger partial charge in [-0.15, -0.1) is 11.8 Å². The average molecular weight is 272 g/mol. The highest BCUT2D eigenvalue weighted by molar-refractivity contribution is 5.75. The van der Waals surface area contributed by atoms with E-state index in [1.807, 2.05) is 6.92 Å². The number of rotatable bonds is 9. The van der Waals surface area contributed by atoms with Gasteiger partial charge >= 0.3 is 0 Å². The lowest BCUT2D eigenvalue weighted by atomic mass is 10.0. The van der Waals surface area contributed by atoms with Crippen LogP contribution in [0.3, 0.4) is 0 Å². The molecule has 0 spiro atoms. The van der Waals surface area contributed by atoms with E-state index >= 15 is 0 Å². The van der Waals surface area contributed by atoms with Crippen molar-refractivity contribution < 1.29 is 4.79 Å². The van der Waals surface area contributed by atoms with E-state index in [1.165, 1.54) is 0 Å². The van der Waals surface area contributed by atoms with Crippen LogP contribution in [0.1, 0.15) is 53.4 Å². The molecule has 0 aliphatic rings. The standard InChI is InChI=1S/C19H28O/c1-5-6-12-17(2)13-9-7-8-10-14-18(3)15-11-16-19(4)20/h7-10,13-14,17-18H,11-12,15-16H2,1-4H3. The van der Waals surface area contributed by atoms with Gasteiger partial charge in [-0.2, -0.15) is 0 Å². The quantitative estimate of drug-likeness (QED) is 0.421. The number of hydrogen-bond acceptors (Lipinski definition) is 1. The van der Waals surface area contributed by atoms with E-state index in [9.17, 15) is 4.79 Å². The van der Waals surface area contributed by atoms with Gasteiger partial charge in [0.15, 0.2) is 0 Å². The average Bonchev–Trinajstić information content (AvgIpc) is 2.39. The van der Waals surface area contributed by atoms with Gasteiger partial charge in [0.2, 0.25) is 0 Å². The smallest absolute Gasteiger partial charge is 0.129 e. The molecule has 0 amide bonds. The minimum atomic E-state index is 0.285. The van der Waals surface area contributed by atoms with Crippen molar-refractivity contribution in [2.75, 3.05) is 0 Å². The zero-order valence-corrected chi connectivity index (χ0v) is 13.4. The first-order valence-electron chi connectivity index (χ1n) is 7.47. The van der Waals surface area contributed by atoms with Crippen LogP contribution in [-0.2, 0) is 4.79 Å². The fourth-order valence-corrected chi connectivity index (χ4v) is 1.74. The van der Waals surface area contributed by atoms with Crippen molar-refractivity contribution in [2.24, 2.45) is 11.8 Å². The van der Waals surface area contributed by atoms with Crippen LogP contribution in [0.25, 0.3) is 0 Å². The van der Waals surface area contributed by atoms with Gasteiger partial charge < -0.3 is 4.79 Å². The summed E-state index contributed by atoms with van der Waals surface area (Å²) in [6.07, 6.45) is 16.3. The summed E-state index contributed by atoms with van der Waals surface area (Å²) in [6.45, 7) is 7.88. The molecule has 0 radical (unpaired) electrons. The van der Waals surface area contributed by atoms with E-state index in [2.05, 4.69) is 62.1 Å². The SMILES string of the molecule is CC#CCC(C)C=CC=CC=CC(C)CCCC(C)=O. The van der Waals surface area contributed by atoms with Crippen molar-refractivity contribution in [3.05, 3.63) is 36.5 Å². The third-order valence-corrected chi connectivity index (χ3v) is 3.00. The Morgan fingerprint density at radius 3 is 2.20 bits per heavy atom. The van der Waals surface area contributed by atoms with E-state index in [0.29, 0.717) is 18.3 Å². The summed E-state index contributed by atoms with van der Waals surface area (Å²) < 4.78 is 0. The van der Waals surface area contributed by atoms with Crippen LogP contribution >= 0.6 is 0 Å². The van der Waals surface area contributed by atoms with Gasteiger partial charge in [0, 0.05) is 12.8 Å². The predicted molar refractivity (Wildman–Crippen MR) is 88.3 cm³/mol. The second kappa shape index (κ2) is 12.5. The third kappa shape index (κ3) is 12.9. The molecule has 0 rings (SSSR count). The van der Waals surface area contributed by atoms with E-state index in [-0.39, 0.29) is 5.78 Å². The monoisotopic (exact) mass is 272 g/mol. The van der Waals surface area contributed by atoms with E-state index in [0.717, 1.165) is 19.3 Å². The fraction of sp³-hybridized carbons (Fsp3) is 0.526. The lowest BCUT2D eigenvalue weighted by molar-refractivity contribution is -0.117. The van der Waals surface area contributed by atoms with Gasteiger partial charge in [-0.1, -0.05) is 50.3 Å². The molecule has 0 aromatic rings. The Bertz CT molecular complexity index is 401. The number of carbonyl (C=O) groups is 1. The Morgan fingerprint density at radius 2 is 1.65 bits per heavy atom. The van der Waals surface area contributed by atoms with Crippen LogP contribution in [0, 0.1) is 23.7 Å². The summed E-state index contributed by atoms with van der Waals surface area (Å²) in [7, 11) is 0. The van der Waals surface area contributed by atoms with Crippen LogP contribution < -0.4 is 0 Å². The molecule has 0 bridgehead atoms. The molecule has 0 fully saturated rings. The lowest BCUT2D eigenvalue weighted by Crippen LogP contribution is -1.94. The maximum Gasteiger partial charge on any atom is 0.129 e. The van der Waals surface area contributed by atoms with Crippen molar-refractivity contribution >= 4 is 5.78 Å². The summed E-state index contributed by atoms with van der Waals surface area (Å²) in [5.74, 6) is 7.31. The molecule has 110 valence electrons. The Hall–Kier alpha value is -1.55. The summed E-state index contributed by atoms with van der Waals surface area (Å²) in [5.41, 5.74) is 0. The summed E-state index contributed by atoms with van der Waals surface area (Å²) >= 11 is 0. The molecular formula is C19H28O. The van der Waals surface area contributed by atoms with Gasteiger partial charge in [-0.3, -0.25) is 0 Å². The van der Waals surface area contributed by atoms with Crippen molar-refractivity contribution in [3.63, 3.8) is 0 Å². The Labute approximate surface area is 124 Å². The molecule has 1 nitrogen and oxygen atoms in total. The number of carbonyl (C=O) groups excluding carboxylic acids is 1. The molecule has 0 heterocycles. The van der Waals surface area contributed by atoms with Crippen LogP contribution in [0.15, 0.2) is 36.5 Å². The highest BCUT2D eigenvalue weighted by Gasteiger charge is 1.98. The van der Waals surface area contributed by atoms with Gasteiger partial charge in [-0.05, 0) is 38.5 Å². The number of Topliss-reactive ketones (excluding diaryl/α,β-unsaturated/α-hetero) is 1. The largest absolute Gasteiger partial charge is 0.300 e. The zero-order valence-electron chi connectivity index (χ0n) is 13.4. The highest BCUT2D eigenvalue weighted by atomic mass is 16.1. The summed E-state index contributed by atoms with van der Waals surface area (Å²) in [4.78, 5) is 10.8.